The average molecular weight is 324 g/mol. The van der Waals surface area contributed by atoms with Crippen LogP contribution in [0.5, 0.6) is 5.75 Å². The Hall–Kier alpha value is -2.82. The number of carbonyl (C=O) groups excluding carboxylic acids is 2. The van der Waals surface area contributed by atoms with Crippen molar-refractivity contribution in [2.45, 2.75) is 20.3 Å². The molecule has 0 saturated carbocycles. The molecule has 0 spiro atoms. The van der Waals surface area contributed by atoms with Gasteiger partial charge in [0, 0.05) is 18.3 Å². The summed E-state index contributed by atoms with van der Waals surface area (Å²) in [4.78, 5) is 26.0. The lowest BCUT2D eigenvalue weighted by atomic mass is 10.1. The van der Waals surface area contributed by atoms with Crippen LogP contribution in [0.4, 0.5) is 11.4 Å². The minimum Gasteiger partial charge on any atom is -0.491 e. The molecule has 0 bridgehead atoms. The number of carbonyl (C=O) groups is 2. The highest BCUT2D eigenvalue weighted by Crippen LogP contribution is 2.31. The van der Waals surface area contributed by atoms with Crippen LogP contribution in [0.25, 0.3) is 0 Å². The zero-order chi connectivity index (χ0) is 17.3. The molecule has 24 heavy (non-hydrogen) atoms. The van der Waals surface area contributed by atoms with Crippen molar-refractivity contribution in [1.82, 2.24) is 0 Å². The Kier molecular flexibility index (Phi) is 4.25. The van der Waals surface area contributed by atoms with Crippen LogP contribution in [0.15, 0.2) is 36.4 Å². The van der Waals surface area contributed by atoms with Crippen LogP contribution in [-0.4, -0.2) is 25.5 Å². The summed E-state index contributed by atoms with van der Waals surface area (Å²) < 4.78 is 5.58. The number of rotatable bonds is 2. The third-order valence-corrected chi connectivity index (χ3v) is 4.29. The van der Waals surface area contributed by atoms with E-state index in [9.17, 15) is 9.59 Å². The first kappa shape index (κ1) is 16.1. The van der Waals surface area contributed by atoms with E-state index in [0.29, 0.717) is 30.0 Å². The van der Waals surface area contributed by atoms with E-state index < -0.39 is 0 Å². The Balaban J connectivity index is 1.87. The van der Waals surface area contributed by atoms with E-state index in [1.807, 2.05) is 32.0 Å². The highest BCUT2D eigenvalue weighted by atomic mass is 16.5. The van der Waals surface area contributed by atoms with Crippen LogP contribution in [-0.2, 0) is 4.79 Å². The topological polar surface area (TPSA) is 58.6 Å². The van der Waals surface area contributed by atoms with Gasteiger partial charge in [-0.25, -0.2) is 0 Å². The van der Waals surface area contributed by atoms with Crippen LogP contribution < -0.4 is 15.0 Å². The number of nitrogens with zero attached hydrogens (tertiary/aromatic N) is 1. The van der Waals surface area contributed by atoms with E-state index in [-0.39, 0.29) is 11.8 Å². The fourth-order valence-electron chi connectivity index (χ4n) is 2.62. The van der Waals surface area contributed by atoms with Gasteiger partial charge in [0.2, 0.25) is 5.91 Å². The summed E-state index contributed by atoms with van der Waals surface area (Å²) in [7, 11) is 1.70. The number of nitrogens with one attached hydrogen (secondary N) is 1. The van der Waals surface area contributed by atoms with Crippen molar-refractivity contribution in [3.05, 3.63) is 53.1 Å². The van der Waals surface area contributed by atoms with Crippen molar-refractivity contribution in [2.75, 3.05) is 23.9 Å². The van der Waals surface area contributed by atoms with Crippen LogP contribution in [0.3, 0.4) is 0 Å². The molecule has 0 radical (unpaired) electrons. The number of benzene rings is 2. The molecule has 5 nitrogen and oxygen atoms in total. The smallest absolute Gasteiger partial charge is 0.255 e. The summed E-state index contributed by atoms with van der Waals surface area (Å²) in [5.41, 5.74) is 4.14. The van der Waals surface area contributed by atoms with Crippen molar-refractivity contribution in [2.24, 2.45) is 0 Å². The number of aryl methyl sites for hydroxylation is 2. The molecule has 0 atom stereocenters. The third-order valence-electron chi connectivity index (χ3n) is 4.29. The monoisotopic (exact) mass is 324 g/mol. The zero-order valence-corrected chi connectivity index (χ0v) is 14.1. The molecule has 2 aromatic carbocycles. The van der Waals surface area contributed by atoms with E-state index in [2.05, 4.69) is 5.32 Å². The molecule has 0 aliphatic carbocycles. The van der Waals surface area contributed by atoms with Gasteiger partial charge in [-0.15, -0.1) is 0 Å². The molecular weight excluding hydrogens is 304 g/mol. The van der Waals surface area contributed by atoms with E-state index in [1.54, 1.807) is 25.2 Å². The average Bonchev–Trinajstić information content (AvgIpc) is 2.70. The Bertz CT molecular complexity index is 814. The molecule has 3 rings (SSSR count). The number of fused-ring (bicyclic) bond motifs is 1. The van der Waals surface area contributed by atoms with Gasteiger partial charge in [-0.2, -0.15) is 0 Å². The minimum absolute atomic E-state index is 0.0273. The lowest BCUT2D eigenvalue weighted by molar-refractivity contribution is -0.118. The van der Waals surface area contributed by atoms with Gasteiger partial charge in [0.1, 0.15) is 5.75 Å². The molecule has 2 amide bonds. The van der Waals surface area contributed by atoms with Gasteiger partial charge < -0.3 is 15.0 Å². The quantitative estimate of drug-likeness (QED) is 0.922. The molecule has 1 N–H and O–H groups in total. The van der Waals surface area contributed by atoms with Crippen molar-refractivity contribution in [1.29, 1.82) is 0 Å². The van der Waals surface area contributed by atoms with Gasteiger partial charge in [-0.1, -0.05) is 6.07 Å². The van der Waals surface area contributed by atoms with Crippen LogP contribution in [0.2, 0.25) is 0 Å². The molecular formula is C19H20N2O3. The van der Waals surface area contributed by atoms with Gasteiger partial charge >= 0.3 is 0 Å². The van der Waals surface area contributed by atoms with Gasteiger partial charge in [0.15, 0.2) is 0 Å². The highest BCUT2D eigenvalue weighted by Gasteiger charge is 2.21. The Morgan fingerprint density at radius 3 is 2.67 bits per heavy atom. The second-order valence-corrected chi connectivity index (χ2v) is 5.99. The van der Waals surface area contributed by atoms with E-state index in [0.717, 1.165) is 11.3 Å². The number of anilines is 2. The maximum Gasteiger partial charge on any atom is 0.255 e. The second-order valence-electron chi connectivity index (χ2n) is 5.99. The summed E-state index contributed by atoms with van der Waals surface area (Å²) in [6, 6.07) is 10.9. The van der Waals surface area contributed by atoms with Crippen LogP contribution in [0.1, 0.15) is 27.9 Å². The molecule has 1 aliphatic heterocycles. The third kappa shape index (κ3) is 3.11. The predicted molar refractivity (Wildman–Crippen MR) is 93.8 cm³/mol. The normalized spacial score (nSPS) is 13.8. The number of hydrogen-bond donors (Lipinski definition) is 1. The molecule has 0 fully saturated rings. The Morgan fingerprint density at radius 2 is 1.92 bits per heavy atom. The fraction of sp³-hybridized carbons (Fsp3) is 0.263. The summed E-state index contributed by atoms with van der Waals surface area (Å²) in [6.07, 6.45) is 0.329. The first-order valence-corrected chi connectivity index (χ1v) is 7.88. The van der Waals surface area contributed by atoms with Crippen LogP contribution >= 0.6 is 0 Å². The van der Waals surface area contributed by atoms with Crippen molar-refractivity contribution in [3.63, 3.8) is 0 Å². The first-order valence-electron chi connectivity index (χ1n) is 7.88. The van der Waals surface area contributed by atoms with Gasteiger partial charge in [0.05, 0.1) is 18.7 Å². The number of amides is 2. The zero-order valence-electron chi connectivity index (χ0n) is 14.1. The Morgan fingerprint density at radius 1 is 1.12 bits per heavy atom. The summed E-state index contributed by atoms with van der Waals surface area (Å²) >= 11 is 0. The first-order chi connectivity index (χ1) is 11.5. The lowest BCUT2D eigenvalue weighted by Crippen LogP contribution is -2.25. The van der Waals surface area contributed by atoms with Gasteiger partial charge in [-0.05, 0) is 55.3 Å². The highest BCUT2D eigenvalue weighted by molar-refractivity contribution is 6.06. The minimum atomic E-state index is -0.217. The van der Waals surface area contributed by atoms with E-state index in [4.69, 9.17) is 4.74 Å². The fourth-order valence-corrected chi connectivity index (χ4v) is 2.62. The van der Waals surface area contributed by atoms with Gasteiger partial charge in [-0.3, -0.25) is 9.59 Å². The summed E-state index contributed by atoms with van der Waals surface area (Å²) in [5.74, 6) is 0.373. The van der Waals surface area contributed by atoms with Crippen LogP contribution in [0, 0.1) is 13.8 Å². The largest absolute Gasteiger partial charge is 0.491 e. The molecule has 124 valence electrons. The molecule has 5 heteroatoms. The standard InChI is InChI=1S/C19H20N2O3/c1-12-4-6-15(10-13(12)2)20-19(23)14-5-7-17-16(11-14)21(3)18(22)8-9-24-17/h4-7,10-11H,8-9H2,1-3H3,(H,20,23). The SMILES string of the molecule is Cc1ccc(NC(=O)c2ccc3c(c2)N(C)C(=O)CCO3)cc1C. The predicted octanol–water partition coefficient (Wildman–Crippen LogP) is 3.30. The number of ether oxygens (including phenoxy) is 1. The summed E-state index contributed by atoms with van der Waals surface area (Å²) in [6.45, 7) is 4.38. The van der Waals surface area contributed by atoms with E-state index in [1.165, 1.54) is 10.5 Å². The molecule has 2 aromatic rings. The van der Waals surface area contributed by atoms with Crippen molar-refractivity contribution < 1.29 is 14.3 Å². The maximum absolute atomic E-state index is 12.5. The lowest BCUT2D eigenvalue weighted by Gasteiger charge is -2.17. The van der Waals surface area contributed by atoms with Gasteiger partial charge in [0.25, 0.3) is 5.91 Å². The number of hydrogen-bond acceptors (Lipinski definition) is 3. The van der Waals surface area contributed by atoms with E-state index >= 15 is 0 Å². The molecule has 0 unspecified atom stereocenters. The molecule has 0 saturated heterocycles. The van der Waals surface area contributed by atoms with Crippen molar-refractivity contribution >= 4 is 23.2 Å². The molecule has 1 heterocycles. The Labute approximate surface area is 141 Å². The van der Waals surface area contributed by atoms with Crippen molar-refractivity contribution in [3.8, 4) is 5.75 Å². The second kappa shape index (κ2) is 6.35. The molecule has 0 aromatic heterocycles. The maximum atomic E-state index is 12.5. The summed E-state index contributed by atoms with van der Waals surface area (Å²) in [5, 5.41) is 2.89. The molecule has 1 aliphatic rings.